The molecule has 2 heteroatoms. The van der Waals surface area contributed by atoms with Crippen molar-refractivity contribution in [2.75, 3.05) is 6.61 Å². The lowest BCUT2D eigenvalue weighted by molar-refractivity contribution is -0.149. The van der Waals surface area contributed by atoms with E-state index in [1.807, 2.05) is 25.1 Å². The van der Waals surface area contributed by atoms with E-state index in [1.165, 1.54) is 12.0 Å². The Hall–Kier alpha value is -1.31. The third-order valence-corrected chi connectivity index (χ3v) is 3.58. The molecule has 2 atom stereocenters. The predicted octanol–water partition coefficient (Wildman–Crippen LogP) is 3.52. The van der Waals surface area contributed by atoms with E-state index in [4.69, 9.17) is 4.74 Å². The molecule has 0 aliphatic heterocycles. The molecule has 1 fully saturated rings. The van der Waals surface area contributed by atoms with Crippen LogP contribution in [-0.4, -0.2) is 12.6 Å². The molecule has 1 aliphatic rings. The van der Waals surface area contributed by atoms with Gasteiger partial charge in [-0.1, -0.05) is 43.2 Å². The summed E-state index contributed by atoms with van der Waals surface area (Å²) >= 11 is 0. The van der Waals surface area contributed by atoms with E-state index in [1.54, 1.807) is 0 Å². The van der Waals surface area contributed by atoms with Crippen molar-refractivity contribution in [2.45, 2.75) is 38.5 Å². The molecule has 0 saturated heterocycles. The highest BCUT2D eigenvalue weighted by Crippen LogP contribution is 2.38. The van der Waals surface area contributed by atoms with Crippen LogP contribution in [0.25, 0.3) is 0 Å². The van der Waals surface area contributed by atoms with Crippen LogP contribution in [0, 0.1) is 5.92 Å². The van der Waals surface area contributed by atoms with Crippen molar-refractivity contribution in [3.63, 3.8) is 0 Å². The highest BCUT2D eigenvalue weighted by Gasteiger charge is 2.32. The molecule has 17 heavy (non-hydrogen) atoms. The van der Waals surface area contributed by atoms with Gasteiger partial charge in [-0.15, -0.1) is 0 Å². The Morgan fingerprint density at radius 3 is 2.65 bits per heavy atom. The summed E-state index contributed by atoms with van der Waals surface area (Å²) in [7, 11) is 0. The Kier molecular flexibility index (Phi) is 4.18. The molecule has 0 bridgehead atoms. The molecule has 2 nitrogen and oxygen atoms in total. The zero-order chi connectivity index (χ0) is 12.1. The van der Waals surface area contributed by atoms with Gasteiger partial charge in [0.25, 0.3) is 0 Å². The summed E-state index contributed by atoms with van der Waals surface area (Å²) in [5.74, 6) is 0.399. The number of hydrogen-bond donors (Lipinski definition) is 0. The van der Waals surface area contributed by atoms with Gasteiger partial charge in [-0.25, -0.2) is 0 Å². The maximum absolute atomic E-state index is 12.0. The maximum Gasteiger partial charge on any atom is 0.309 e. The van der Waals surface area contributed by atoms with E-state index in [2.05, 4.69) is 12.1 Å². The average Bonchev–Trinajstić information content (AvgIpc) is 2.40. The number of esters is 1. The highest BCUT2D eigenvalue weighted by atomic mass is 16.5. The maximum atomic E-state index is 12.0. The molecule has 1 aromatic rings. The van der Waals surface area contributed by atoms with Gasteiger partial charge in [0.2, 0.25) is 0 Å². The molecular weight excluding hydrogens is 212 g/mol. The van der Waals surface area contributed by atoms with Gasteiger partial charge in [-0.05, 0) is 31.2 Å². The first kappa shape index (κ1) is 12.2. The highest BCUT2D eigenvalue weighted by molar-refractivity contribution is 5.73. The Labute approximate surface area is 103 Å². The van der Waals surface area contributed by atoms with E-state index in [-0.39, 0.29) is 11.9 Å². The number of rotatable bonds is 3. The molecule has 0 aromatic heterocycles. The molecule has 2 rings (SSSR count). The summed E-state index contributed by atoms with van der Waals surface area (Å²) < 4.78 is 5.19. The largest absolute Gasteiger partial charge is 0.466 e. The normalized spacial score (nSPS) is 24.3. The Morgan fingerprint density at radius 2 is 1.94 bits per heavy atom. The zero-order valence-corrected chi connectivity index (χ0v) is 10.4. The van der Waals surface area contributed by atoms with Gasteiger partial charge in [-0.3, -0.25) is 4.79 Å². The minimum atomic E-state index is -0.0129. The molecule has 0 amide bonds. The molecule has 0 spiro atoms. The Balaban J connectivity index is 2.15. The molecule has 0 N–H and O–H groups in total. The molecule has 0 radical (unpaired) electrons. The first-order valence-electron chi connectivity index (χ1n) is 6.54. The van der Waals surface area contributed by atoms with Crippen molar-refractivity contribution in [2.24, 2.45) is 5.92 Å². The van der Waals surface area contributed by atoms with Crippen molar-refractivity contribution < 1.29 is 9.53 Å². The van der Waals surface area contributed by atoms with E-state index in [0.717, 1.165) is 19.3 Å². The molecule has 0 heterocycles. The van der Waals surface area contributed by atoms with Gasteiger partial charge in [0.1, 0.15) is 0 Å². The molecule has 1 saturated carbocycles. The topological polar surface area (TPSA) is 26.3 Å². The lowest BCUT2D eigenvalue weighted by Crippen LogP contribution is -2.27. The number of benzene rings is 1. The van der Waals surface area contributed by atoms with E-state index >= 15 is 0 Å². The third-order valence-electron chi connectivity index (χ3n) is 3.58. The second-order valence-corrected chi connectivity index (χ2v) is 4.66. The monoisotopic (exact) mass is 232 g/mol. The van der Waals surface area contributed by atoms with E-state index in [9.17, 15) is 4.79 Å². The Bertz CT molecular complexity index is 358. The number of hydrogen-bond acceptors (Lipinski definition) is 2. The van der Waals surface area contributed by atoms with Gasteiger partial charge in [0.15, 0.2) is 0 Å². The molecular formula is C15H20O2. The summed E-state index contributed by atoms with van der Waals surface area (Å²) in [5, 5.41) is 0. The van der Waals surface area contributed by atoms with Crippen LogP contribution >= 0.6 is 0 Å². The van der Waals surface area contributed by atoms with Crippen molar-refractivity contribution >= 4 is 5.97 Å². The molecule has 1 aliphatic carbocycles. The lowest BCUT2D eigenvalue weighted by Gasteiger charge is -2.30. The fraction of sp³-hybridized carbons (Fsp3) is 0.533. The fourth-order valence-electron chi connectivity index (χ4n) is 2.76. The minimum Gasteiger partial charge on any atom is -0.466 e. The summed E-state index contributed by atoms with van der Waals surface area (Å²) in [6.45, 7) is 2.36. The third kappa shape index (κ3) is 2.87. The smallest absolute Gasteiger partial charge is 0.309 e. The SMILES string of the molecule is CCOC(=O)C1CCCC[C@@H]1c1ccccc1. The van der Waals surface area contributed by atoms with E-state index in [0.29, 0.717) is 12.5 Å². The van der Waals surface area contributed by atoms with Crippen molar-refractivity contribution in [1.29, 1.82) is 0 Å². The van der Waals surface area contributed by atoms with E-state index < -0.39 is 0 Å². The van der Waals surface area contributed by atoms with Gasteiger partial charge in [0.05, 0.1) is 12.5 Å². The Morgan fingerprint density at radius 1 is 1.24 bits per heavy atom. The summed E-state index contributed by atoms with van der Waals surface area (Å²) in [6.07, 6.45) is 4.44. The number of carbonyl (C=O) groups is 1. The summed E-state index contributed by atoms with van der Waals surface area (Å²) in [4.78, 5) is 12.0. The average molecular weight is 232 g/mol. The number of ether oxygens (including phenoxy) is 1. The van der Waals surface area contributed by atoms with Crippen molar-refractivity contribution in [3.8, 4) is 0 Å². The fourth-order valence-corrected chi connectivity index (χ4v) is 2.76. The second-order valence-electron chi connectivity index (χ2n) is 4.66. The quantitative estimate of drug-likeness (QED) is 0.745. The minimum absolute atomic E-state index is 0.0129. The van der Waals surface area contributed by atoms with Crippen molar-refractivity contribution in [3.05, 3.63) is 35.9 Å². The first-order chi connectivity index (χ1) is 8.33. The second kappa shape index (κ2) is 5.85. The first-order valence-corrected chi connectivity index (χ1v) is 6.54. The van der Waals surface area contributed by atoms with Crippen LogP contribution in [0.5, 0.6) is 0 Å². The lowest BCUT2D eigenvalue weighted by atomic mass is 9.75. The number of carbonyl (C=O) groups excluding carboxylic acids is 1. The van der Waals surface area contributed by atoms with Gasteiger partial charge >= 0.3 is 5.97 Å². The van der Waals surface area contributed by atoms with Crippen LogP contribution in [0.2, 0.25) is 0 Å². The summed E-state index contributed by atoms with van der Waals surface area (Å²) in [5.41, 5.74) is 1.28. The van der Waals surface area contributed by atoms with Gasteiger partial charge in [-0.2, -0.15) is 0 Å². The van der Waals surface area contributed by atoms with Crippen LogP contribution in [-0.2, 0) is 9.53 Å². The van der Waals surface area contributed by atoms with Crippen LogP contribution < -0.4 is 0 Å². The molecule has 92 valence electrons. The van der Waals surface area contributed by atoms with Gasteiger partial charge in [0, 0.05) is 0 Å². The molecule has 1 aromatic carbocycles. The van der Waals surface area contributed by atoms with Gasteiger partial charge < -0.3 is 4.74 Å². The zero-order valence-electron chi connectivity index (χ0n) is 10.4. The molecule has 1 unspecified atom stereocenters. The summed E-state index contributed by atoms with van der Waals surface area (Å²) in [6, 6.07) is 10.4. The van der Waals surface area contributed by atoms with Crippen LogP contribution in [0.3, 0.4) is 0 Å². The van der Waals surface area contributed by atoms with Crippen molar-refractivity contribution in [1.82, 2.24) is 0 Å². The van der Waals surface area contributed by atoms with Crippen LogP contribution in [0.15, 0.2) is 30.3 Å². The van der Waals surface area contributed by atoms with Crippen LogP contribution in [0.1, 0.15) is 44.1 Å². The van der Waals surface area contributed by atoms with Crippen LogP contribution in [0.4, 0.5) is 0 Å². The predicted molar refractivity (Wildman–Crippen MR) is 67.8 cm³/mol. The standard InChI is InChI=1S/C15H20O2/c1-2-17-15(16)14-11-7-6-10-13(14)12-8-4-3-5-9-12/h3-5,8-9,13-14H,2,6-7,10-11H2,1H3/t13-,14?/m1/s1.